The van der Waals surface area contributed by atoms with Gasteiger partial charge in [-0.1, -0.05) is 26.2 Å². The molecule has 0 heterocycles. The predicted molar refractivity (Wildman–Crippen MR) is 74.9 cm³/mol. The normalized spacial score (nSPS) is 29.1. The van der Waals surface area contributed by atoms with E-state index >= 15 is 0 Å². The Labute approximate surface area is 117 Å². The third-order valence-corrected chi connectivity index (χ3v) is 4.58. The minimum absolute atomic E-state index is 0.000792. The summed E-state index contributed by atoms with van der Waals surface area (Å²) in [6.45, 7) is 3.26. The lowest BCUT2D eigenvalue weighted by molar-refractivity contribution is -0.152. The van der Waals surface area contributed by atoms with Crippen LogP contribution in [0, 0.1) is 11.8 Å². The molecule has 0 bridgehead atoms. The van der Waals surface area contributed by atoms with Crippen molar-refractivity contribution in [2.75, 3.05) is 13.2 Å². The Bertz CT molecular complexity index is 263. The molecule has 0 N–H and O–H groups in total. The van der Waals surface area contributed by atoms with Crippen LogP contribution in [0.25, 0.3) is 0 Å². The van der Waals surface area contributed by atoms with Gasteiger partial charge in [-0.25, -0.2) is 0 Å². The molecule has 0 radical (unpaired) electrons. The van der Waals surface area contributed by atoms with Gasteiger partial charge >= 0.3 is 5.97 Å². The molecule has 2 aliphatic carbocycles. The van der Waals surface area contributed by atoms with Crippen LogP contribution in [0.3, 0.4) is 0 Å². The van der Waals surface area contributed by atoms with E-state index in [9.17, 15) is 4.79 Å². The van der Waals surface area contributed by atoms with Crippen molar-refractivity contribution in [1.29, 1.82) is 0 Å². The van der Waals surface area contributed by atoms with Crippen LogP contribution in [-0.4, -0.2) is 25.3 Å². The molecule has 110 valence electrons. The van der Waals surface area contributed by atoms with Gasteiger partial charge in [0.1, 0.15) is 6.61 Å². The second-order valence-corrected chi connectivity index (χ2v) is 6.26. The lowest BCUT2D eigenvalue weighted by atomic mass is 9.83. The smallest absolute Gasteiger partial charge is 0.309 e. The molecule has 2 saturated carbocycles. The average molecular weight is 268 g/mol. The molecule has 0 aromatic rings. The van der Waals surface area contributed by atoms with Crippen LogP contribution in [-0.2, 0) is 14.3 Å². The van der Waals surface area contributed by atoms with E-state index in [1.165, 1.54) is 44.9 Å². The van der Waals surface area contributed by atoms with E-state index in [1.807, 2.05) is 0 Å². The summed E-state index contributed by atoms with van der Waals surface area (Å²) in [5.41, 5.74) is 0. The lowest BCUT2D eigenvalue weighted by Crippen LogP contribution is -2.25. The molecule has 0 aliphatic heterocycles. The second kappa shape index (κ2) is 7.88. The van der Waals surface area contributed by atoms with Gasteiger partial charge in [0.05, 0.1) is 18.6 Å². The largest absolute Gasteiger partial charge is 0.463 e. The predicted octanol–water partition coefficient (Wildman–Crippen LogP) is 3.71. The fourth-order valence-corrected chi connectivity index (χ4v) is 3.20. The maximum Gasteiger partial charge on any atom is 0.309 e. The van der Waals surface area contributed by atoms with Crippen molar-refractivity contribution in [2.45, 2.75) is 70.8 Å². The molecule has 3 heteroatoms. The van der Waals surface area contributed by atoms with Crippen molar-refractivity contribution in [3.8, 4) is 0 Å². The van der Waals surface area contributed by atoms with Gasteiger partial charge in [-0.2, -0.15) is 0 Å². The molecule has 0 aromatic carbocycles. The van der Waals surface area contributed by atoms with Crippen LogP contribution in [0.2, 0.25) is 0 Å². The standard InChI is InChI=1S/C16H28O3/c1-13-7-9-14(10-8-13)16(17)19-12-11-18-15-5-3-2-4-6-15/h13-15H,2-12H2,1H3. The van der Waals surface area contributed by atoms with Crippen molar-refractivity contribution in [2.24, 2.45) is 11.8 Å². The quantitative estimate of drug-likeness (QED) is 0.563. The molecule has 3 nitrogen and oxygen atoms in total. The lowest BCUT2D eigenvalue weighted by Gasteiger charge is -2.25. The number of carbonyl (C=O) groups is 1. The minimum Gasteiger partial charge on any atom is -0.463 e. The highest BCUT2D eigenvalue weighted by Crippen LogP contribution is 2.29. The molecule has 0 amide bonds. The van der Waals surface area contributed by atoms with E-state index in [0.717, 1.165) is 18.8 Å². The Balaban J connectivity index is 1.53. The summed E-state index contributed by atoms with van der Waals surface area (Å²) >= 11 is 0. The van der Waals surface area contributed by atoms with Gasteiger partial charge in [0.25, 0.3) is 0 Å². The maximum atomic E-state index is 11.9. The molecule has 2 fully saturated rings. The first-order chi connectivity index (χ1) is 9.25. The fourth-order valence-electron chi connectivity index (χ4n) is 3.20. The Morgan fingerprint density at radius 1 is 0.947 bits per heavy atom. The summed E-state index contributed by atoms with van der Waals surface area (Å²) in [5, 5.41) is 0. The van der Waals surface area contributed by atoms with Crippen molar-refractivity contribution in [3.05, 3.63) is 0 Å². The summed E-state index contributed by atoms with van der Waals surface area (Å²) in [5.74, 6) is 0.920. The number of hydrogen-bond donors (Lipinski definition) is 0. The van der Waals surface area contributed by atoms with Crippen LogP contribution in [0.4, 0.5) is 0 Å². The third-order valence-electron chi connectivity index (χ3n) is 4.58. The highest BCUT2D eigenvalue weighted by atomic mass is 16.6. The van der Waals surface area contributed by atoms with Crippen molar-refractivity contribution in [3.63, 3.8) is 0 Å². The van der Waals surface area contributed by atoms with Gasteiger partial charge in [0.2, 0.25) is 0 Å². The van der Waals surface area contributed by atoms with E-state index in [1.54, 1.807) is 0 Å². The number of rotatable bonds is 5. The molecule has 0 spiro atoms. The Kier molecular flexibility index (Phi) is 6.15. The highest BCUT2D eigenvalue weighted by molar-refractivity contribution is 5.72. The molecule has 0 unspecified atom stereocenters. The van der Waals surface area contributed by atoms with Crippen LogP contribution in [0.1, 0.15) is 64.7 Å². The number of esters is 1. The second-order valence-electron chi connectivity index (χ2n) is 6.26. The van der Waals surface area contributed by atoms with Crippen LogP contribution in [0.5, 0.6) is 0 Å². The molecule has 0 aromatic heterocycles. The summed E-state index contributed by atoms with van der Waals surface area (Å²) in [4.78, 5) is 11.9. The van der Waals surface area contributed by atoms with Crippen LogP contribution in [0.15, 0.2) is 0 Å². The minimum atomic E-state index is -0.000792. The zero-order valence-corrected chi connectivity index (χ0v) is 12.2. The SMILES string of the molecule is CC1CCC(C(=O)OCCOC2CCCCC2)CC1. The third kappa shape index (κ3) is 5.13. The summed E-state index contributed by atoms with van der Waals surface area (Å²) in [7, 11) is 0. The molecule has 19 heavy (non-hydrogen) atoms. The first-order valence-electron chi connectivity index (χ1n) is 8.04. The van der Waals surface area contributed by atoms with Gasteiger partial charge in [-0.3, -0.25) is 4.79 Å². The van der Waals surface area contributed by atoms with Gasteiger partial charge in [-0.15, -0.1) is 0 Å². The Morgan fingerprint density at radius 2 is 1.63 bits per heavy atom. The molecular formula is C16H28O3. The van der Waals surface area contributed by atoms with E-state index in [-0.39, 0.29) is 11.9 Å². The topological polar surface area (TPSA) is 35.5 Å². The van der Waals surface area contributed by atoms with Gasteiger partial charge in [0, 0.05) is 0 Å². The summed E-state index contributed by atoms with van der Waals surface area (Å²) < 4.78 is 11.1. The van der Waals surface area contributed by atoms with Crippen LogP contribution >= 0.6 is 0 Å². The number of ether oxygens (including phenoxy) is 2. The van der Waals surface area contributed by atoms with Crippen molar-refractivity contribution >= 4 is 5.97 Å². The van der Waals surface area contributed by atoms with E-state index < -0.39 is 0 Å². The van der Waals surface area contributed by atoms with E-state index in [0.29, 0.717) is 19.3 Å². The zero-order chi connectivity index (χ0) is 13.5. The van der Waals surface area contributed by atoms with Crippen molar-refractivity contribution in [1.82, 2.24) is 0 Å². The highest BCUT2D eigenvalue weighted by Gasteiger charge is 2.25. The van der Waals surface area contributed by atoms with Gasteiger partial charge in [-0.05, 0) is 44.4 Å². The summed E-state index contributed by atoms with van der Waals surface area (Å²) in [6.07, 6.45) is 11.0. The Morgan fingerprint density at radius 3 is 2.32 bits per heavy atom. The zero-order valence-electron chi connectivity index (χ0n) is 12.2. The molecule has 0 saturated heterocycles. The fraction of sp³-hybridized carbons (Fsp3) is 0.938. The van der Waals surface area contributed by atoms with Crippen LogP contribution < -0.4 is 0 Å². The first-order valence-corrected chi connectivity index (χ1v) is 8.04. The number of carbonyl (C=O) groups excluding carboxylic acids is 1. The molecule has 2 rings (SSSR count). The first kappa shape index (κ1) is 14.8. The van der Waals surface area contributed by atoms with Gasteiger partial charge in [0.15, 0.2) is 0 Å². The number of hydrogen-bond acceptors (Lipinski definition) is 3. The van der Waals surface area contributed by atoms with E-state index in [4.69, 9.17) is 9.47 Å². The maximum absolute atomic E-state index is 11.9. The average Bonchev–Trinajstić information content (AvgIpc) is 2.45. The molecule has 0 atom stereocenters. The molecular weight excluding hydrogens is 240 g/mol. The Hall–Kier alpha value is -0.570. The summed E-state index contributed by atoms with van der Waals surface area (Å²) in [6, 6.07) is 0. The van der Waals surface area contributed by atoms with E-state index in [2.05, 4.69) is 6.92 Å². The van der Waals surface area contributed by atoms with Gasteiger partial charge < -0.3 is 9.47 Å². The molecule has 2 aliphatic rings. The monoisotopic (exact) mass is 268 g/mol. The van der Waals surface area contributed by atoms with Crippen molar-refractivity contribution < 1.29 is 14.3 Å².